The molecule has 1 heterocycles. The molecular formula is C15H27NO2. The van der Waals surface area contributed by atoms with Gasteiger partial charge in [-0.05, 0) is 40.0 Å². The van der Waals surface area contributed by atoms with Gasteiger partial charge in [-0.15, -0.1) is 0 Å². The number of allylic oxidation sites excluding steroid dienone is 3. The Balaban J connectivity index is 2.28. The van der Waals surface area contributed by atoms with Crippen molar-refractivity contribution in [2.24, 2.45) is 0 Å². The lowest BCUT2D eigenvalue weighted by Crippen LogP contribution is -2.46. The van der Waals surface area contributed by atoms with Gasteiger partial charge in [0.25, 0.3) is 0 Å². The van der Waals surface area contributed by atoms with Crippen LogP contribution in [0.3, 0.4) is 0 Å². The third kappa shape index (κ3) is 5.80. The van der Waals surface area contributed by atoms with E-state index < -0.39 is 12.2 Å². The maximum atomic E-state index is 9.60. The van der Waals surface area contributed by atoms with Crippen LogP contribution in [0.4, 0.5) is 0 Å². The van der Waals surface area contributed by atoms with Crippen molar-refractivity contribution in [1.29, 1.82) is 0 Å². The zero-order valence-corrected chi connectivity index (χ0v) is 11.9. The van der Waals surface area contributed by atoms with E-state index in [9.17, 15) is 10.2 Å². The molecule has 1 saturated heterocycles. The van der Waals surface area contributed by atoms with Gasteiger partial charge in [0.2, 0.25) is 0 Å². The Bertz CT molecular complexity index is 306. The highest BCUT2D eigenvalue weighted by atomic mass is 16.3. The molecule has 104 valence electrons. The van der Waals surface area contributed by atoms with Crippen LogP contribution in [0.25, 0.3) is 0 Å². The molecule has 0 aliphatic carbocycles. The highest BCUT2D eigenvalue weighted by Gasteiger charge is 2.24. The normalized spacial score (nSPS) is 26.2. The van der Waals surface area contributed by atoms with Crippen molar-refractivity contribution in [1.82, 2.24) is 4.90 Å². The Kier molecular flexibility index (Phi) is 6.61. The number of nitrogens with zero attached hydrogens (tertiary/aromatic N) is 1. The van der Waals surface area contributed by atoms with Crippen molar-refractivity contribution < 1.29 is 10.2 Å². The lowest BCUT2D eigenvalue weighted by molar-refractivity contribution is -0.0354. The third-order valence-corrected chi connectivity index (χ3v) is 3.42. The topological polar surface area (TPSA) is 43.7 Å². The summed E-state index contributed by atoms with van der Waals surface area (Å²) in [6.45, 7) is 8.74. The summed E-state index contributed by atoms with van der Waals surface area (Å²) in [6.07, 6.45) is 6.26. The first-order valence-corrected chi connectivity index (χ1v) is 6.86. The lowest BCUT2D eigenvalue weighted by atomic mass is 10.0. The molecule has 0 radical (unpaired) electrons. The Hall–Kier alpha value is -0.640. The number of likely N-dealkylation sites (tertiary alicyclic amines) is 1. The number of aliphatic hydroxyl groups excluding tert-OH is 2. The number of piperidine rings is 1. The van der Waals surface area contributed by atoms with E-state index >= 15 is 0 Å². The lowest BCUT2D eigenvalue weighted by Gasteiger charge is -2.32. The van der Waals surface area contributed by atoms with Crippen LogP contribution < -0.4 is 0 Å². The Morgan fingerprint density at radius 3 is 2.50 bits per heavy atom. The van der Waals surface area contributed by atoms with Gasteiger partial charge in [0.05, 0.1) is 12.2 Å². The molecule has 18 heavy (non-hydrogen) atoms. The molecule has 3 nitrogen and oxygen atoms in total. The first-order valence-electron chi connectivity index (χ1n) is 6.86. The van der Waals surface area contributed by atoms with E-state index in [4.69, 9.17) is 0 Å². The molecule has 0 spiro atoms. The maximum absolute atomic E-state index is 9.60. The van der Waals surface area contributed by atoms with Crippen LogP contribution in [0.1, 0.15) is 40.0 Å². The predicted octanol–water partition coefficient (Wildman–Crippen LogP) is 2.11. The second kappa shape index (κ2) is 7.72. The van der Waals surface area contributed by atoms with Gasteiger partial charge in [-0.1, -0.05) is 23.3 Å². The second-order valence-electron chi connectivity index (χ2n) is 5.55. The molecule has 0 unspecified atom stereocenters. The van der Waals surface area contributed by atoms with Gasteiger partial charge in [-0.25, -0.2) is 0 Å². The largest absolute Gasteiger partial charge is 0.390 e. The van der Waals surface area contributed by atoms with Crippen molar-refractivity contribution in [3.05, 3.63) is 23.3 Å². The number of hydrogen-bond donors (Lipinski definition) is 2. The quantitative estimate of drug-likeness (QED) is 0.738. The first kappa shape index (κ1) is 15.4. The molecule has 0 amide bonds. The molecule has 3 heteroatoms. The van der Waals surface area contributed by atoms with Crippen LogP contribution in [-0.2, 0) is 0 Å². The highest BCUT2D eigenvalue weighted by Crippen LogP contribution is 2.12. The third-order valence-electron chi connectivity index (χ3n) is 3.42. The fourth-order valence-electron chi connectivity index (χ4n) is 2.13. The van der Waals surface area contributed by atoms with Gasteiger partial charge in [0.1, 0.15) is 0 Å². The Labute approximate surface area is 111 Å². The first-order chi connectivity index (χ1) is 8.49. The molecule has 1 fully saturated rings. The summed E-state index contributed by atoms with van der Waals surface area (Å²) >= 11 is 0. The minimum absolute atomic E-state index is 0.538. The van der Waals surface area contributed by atoms with Gasteiger partial charge in [0.15, 0.2) is 0 Å². The van der Waals surface area contributed by atoms with E-state index in [1.54, 1.807) is 0 Å². The molecule has 1 aliphatic heterocycles. The predicted molar refractivity (Wildman–Crippen MR) is 75.5 cm³/mol. The SMILES string of the molecule is CC(C)=CCCC(C)=CCN1CC[C@H](O)[C@@H](O)C1. The van der Waals surface area contributed by atoms with Crippen LogP contribution in [0.15, 0.2) is 23.3 Å². The molecule has 1 rings (SSSR count). The molecule has 0 saturated carbocycles. The molecule has 0 bridgehead atoms. The summed E-state index contributed by atoms with van der Waals surface area (Å²) in [5.41, 5.74) is 2.77. The summed E-state index contributed by atoms with van der Waals surface area (Å²) in [5.74, 6) is 0. The fraction of sp³-hybridized carbons (Fsp3) is 0.733. The zero-order valence-electron chi connectivity index (χ0n) is 11.9. The fourth-order valence-corrected chi connectivity index (χ4v) is 2.13. The van der Waals surface area contributed by atoms with Crippen molar-refractivity contribution >= 4 is 0 Å². The summed E-state index contributed by atoms with van der Waals surface area (Å²) in [7, 11) is 0. The minimum Gasteiger partial charge on any atom is -0.390 e. The van der Waals surface area contributed by atoms with Gasteiger partial charge in [-0.3, -0.25) is 4.90 Å². The number of hydrogen-bond acceptors (Lipinski definition) is 3. The second-order valence-corrected chi connectivity index (χ2v) is 5.55. The molecule has 1 aliphatic rings. The zero-order chi connectivity index (χ0) is 13.5. The molecular weight excluding hydrogens is 226 g/mol. The summed E-state index contributed by atoms with van der Waals surface area (Å²) in [5, 5.41) is 19.0. The van der Waals surface area contributed by atoms with E-state index in [0.717, 1.165) is 25.9 Å². The minimum atomic E-state index is -0.585. The summed E-state index contributed by atoms with van der Waals surface area (Å²) < 4.78 is 0. The maximum Gasteiger partial charge on any atom is 0.0926 e. The van der Waals surface area contributed by atoms with Gasteiger partial charge in [0, 0.05) is 19.6 Å². The van der Waals surface area contributed by atoms with Crippen LogP contribution >= 0.6 is 0 Å². The van der Waals surface area contributed by atoms with Crippen LogP contribution in [0.2, 0.25) is 0 Å². The monoisotopic (exact) mass is 253 g/mol. The van der Waals surface area contributed by atoms with E-state index in [-0.39, 0.29) is 0 Å². The molecule has 0 aromatic carbocycles. The van der Waals surface area contributed by atoms with Crippen LogP contribution in [0.5, 0.6) is 0 Å². The summed E-state index contributed by atoms with van der Waals surface area (Å²) in [6, 6.07) is 0. The number of β-amino-alcohol motifs (C(OH)–C–C–N with tert-alkyl or cyclic N) is 1. The van der Waals surface area contributed by atoms with Gasteiger partial charge in [-0.2, -0.15) is 0 Å². The van der Waals surface area contributed by atoms with Crippen molar-refractivity contribution in [2.45, 2.75) is 52.2 Å². The average molecular weight is 253 g/mol. The van der Waals surface area contributed by atoms with E-state index in [0.29, 0.717) is 13.0 Å². The molecule has 2 atom stereocenters. The molecule has 0 aromatic heterocycles. The highest BCUT2D eigenvalue weighted by molar-refractivity contribution is 5.03. The molecule has 2 N–H and O–H groups in total. The van der Waals surface area contributed by atoms with E-state index in [2.05, 4.69) is 37.8 Å². The standard InChI is InChI=1S/C15H27NO2/c1-12(2)5-4-6-13(3)7-9-16-10-8-14(17)15(18)11-16/h5,7,14-15,17-18H,4,6,8-11H2,1-3H3/t14-,15-/m0/s1. The van der Waals surface area contributed by atoms with Gasteiger partial charge < -0.3 is 10.2 Å². The smallest absolute Gasteiger partial charge is 0.0926 e. The number of rotatable bonds is 5. The number of aliphatic hydroxyl groups is 2. The summed E-state index contributed by atoms with van der Waals surface area (Å²) in [4.78, 5) is 2.20. The van der Waals surface area contributed by atoms with Crippen molar-refractivity contribution in [3.63, 3.8) is 0 Å². The average Bonchev–Trinajstić information content (AvgIpc) is 2.30. The van der Waals surface area contributed by atoms with Crippen LogP contribution in [-0.4, -0.2) is 47.0 Å². The Morgan fingerprint density at radius 1 is 1.17 bits per heavy atom. The van der Waals surface area contributed by atoms with Crippen molar-refractivity contribution in [3.8, 4) is 0 Å². The molecule has 0 aromatic rings. The van der Waals surface area contributed by atoms with E-state index in [1.165, 1.54) is 11.1 Å². The van der Waals surface area contributed by atoms with Crippen LogP contribution in [0, 0.1) is 0 Å². The van der Waals surface area contributed by atoms with Gasteiger partial charge >= 0.3 is 0 Å². The van der Waals surface area contributed by atoms with E-state index in [1.807, 2.05) is 0 Å². The van der Waals surface area contributed by atoms with Crippen molar-refractivity contribution in [2.75, 3.05) is 19.6 Å². The Morgan fingerprint density at radius 2 is 1.89 bits per heavy atom.